The summed E-state index contributed by atoms with van der Waals surface area (Å²) in [6.07, 6.45) is 0.719. The van der Waals surface area contributed by atoms with Crippen LogP contribution in [0.15, 0.2) is 18.2 Å². The maximum Gasteiger partial charge on any atom is 0.234 e. The summed E-state index contributed by atoms with van der Waals surface area (Å²) in [5.41, 5.74) is 1.13. The number of aromatic nitrogens is 4. The third-order valence-corrected chi connectivity index (χ3v) is 4.23. The van der Waals surface area contributed by atoms with Crippen molar-refractivity contribution >= 4 is 28.7 Å². The Bertz CT molecular complexity index is 820. The van der Waals surface area contributed by atoms with E-state index in [4.69, 9.17) is 14.2 Å². The van der Waals surface area contributed by atoms with Gasteiger partial charge in [0.15, 0.2) is 17.3 Å². The Kier molecular flexibility index (Phi) is 4.65. The van der Waals surface area contributed by atoms with Crippen LogP contribution in [-0.4, -0.2) is 40.1 Å². The summed E-state index contributed by atoms with van der Waals surface area (Å²) in [5.74, 6) is 2.31. The maximum absolute atomic E-state index is 5.61. The summed E-state index contributed by atoms with van der Waals surface area (Å²) in [6, 6.07) is 5.99. The second-order valence-electron chi connectivity index (χ2n) is 4.89. The highest BCUT2D eigenvalue weighted by Gasteiger charge is 2.15. The highest BCUT2D eigenvalue weighted by atomic mass is 35.5. The van der Waals surface area contributed by atoms with Gasteiger partial charge in [0.05, 0.1) is 0 Å². The van der Waals surface area contributed by atoms with E-state index in [9.17, 15) is 0 Å². The largest absolute Gasteiger partial charge is 0.486 e. The van der Waals surface area contributed by atoms with E-state index >= 15 is 0 Å². The predicted octanol–water partition coefficient (Wildman–Crippen LogP) is 2.12. The first-order valence-corrected chi connectivity index (χ1v) is 7.72. The van der Waals surface area contributed by atoms with Gasteiger partial charge in [0, 0.05) is 13.5 Å². The summed E-state index contributed by atoms with van der Waals surface area (Å²) in [6.45, 7) is 1.59. The van der Waals surface area contributed by atoms with E-state index in [-0.39, 0.29) is 12.4 Å². The minimum Gasteiger partial charge on any atom is -0.486 e. The number of ether oxygens (including phenoxy) is 3. The number of nitrogens with zero attached hydrogens (tertiary/aromatic N) is 4. The lowest BCUT2D eigenvalue weighted by atomic mass is 10.1. The molecule has 0 aliphatic carbocycles. The fourth-order valence-electron chi connectivity index (χ4n) is 2.36. The van der Waals surface area contributed by atoms with Crippen molar-refractivity contribution < 1.29 is 14.2 Å². The fourth-order valence-corrected chi connectivity index (χ4v) is 3.25. The molecule has 1 aromatic carbocycles. The number of halogens is 1. The molecule has 7 nitrogen and oxygen atoms in total. The lowest BCUT2D eigenvalue weighted by molar-refractivity contribution is 0.171. The van der Waals surface area contributed by atoms with Crippen molar-refractivity contribution in [1.29, 1.82) is 0 Å². The number of methoxy groups -OCH3 is 1. The molecule has 0 unspecified atom stereocenters. The van der Waals surface area contributed by atoms with Gasteiger partial charge in [0.25, 0.3) is 0 Å². The molecule has 3 aromatic rings. The molecule has 0 N–H and O–H groups in total. The van der Waals surface area contributed by atoms with Gasteiger partial charge in [-0.25, -0.2) is 0 Å². The first-order chi connectivity index (χ1) is 10.8. The molecule has 0 saturated heterocycles. The minimum absolute atomic E-state index is 0. The highest BCUT2D eigenvalue weighted by molar-refractivity contribution is 7.16. The summed E-state index contributed by atoms with van der Waals surface area (Å²) in [5, 5.41) is 13.7. The lowest BCUT2D eigenvalue weighted by Crippen LogP contribution is -2.15. The molecule has 0 bridgehead atoms. The predicted molar refractivity (Wildman–Crippen MR) is 86.9 cm³/mol. The zero-order valence-corrected chi connectivity index (χ0v) is 14.0. The number of hydrogen-bond acceptors (Lipinski definition) is 7. The Morgan fingerprint density at radius 2 is 2.04 bits per heavy atom. The Morgan fingerprint density at radius 1 is 1.22 bits per heavy atom. The van der Waals surface area contributed by atoms with Crippen molar-refractivity contribution in [2.45, 2.75) is 13.0 Å². The van der Waals surface area contributed by atoms with Gasteiger partial charge in [-0.2, -0.15) is 9.61 Å². The van der Waals surface area contributed by atoms with Crippen LogP contribution in [0, 0.1) is 0 Å². The minimum atomic E-state index is 0. The molecule has 1 aliphatic heterocycles. The standard InChI is InChI=1S/C14H14N4O3S.ClH/c1-19-8-12-15-16-14-18(12)17-13(22-14)7-9-2-3-10-11(6-9)21-5-4-20-10;/h2-3,6H,4-5,7-8H2,1H3;1H. The maximum atomic E-state index is 5.61. The topological polar surface area (TPSA) is 70.8 Å². The molecule has 0 fully saturated rings. The molecular formula is C14H15ClN4O3S. The monoisotopic (exact) mass is 354 g/mol. The van der Waals surface area contributed by atoms with Gasteiger partial charge in [-0.3, -0.25) is 0 Å². The van der Waals surface area contributed by atoms with Crippen molar-refractivity contribution in [2.75, 3.05) is 20.3 Å². The number of fused-ring (bicyclic) bond motifs is 2. The van der Waals surface area contributed by atoms with Gasteiger partial charge >= 0.3 is 0 Å². The highest BCUT2D eigenvalue weighted by Crippen LogP contribution is 2.31. The molecule has 0 radical (unpaired) electrons. The third-order valence-electron chi connectivity index (χ3n) is 3.33. The van der Waals surface area contributed by atoms with Crippen LogP contribution < -0.4 is 9.47 Å². The van der Waals surface area contributed by atoms with Crippen LogP contribution in [0.1, 0.15) is 16.4 Å². The van der Waals surface area contributed by atoms with Crippen molar-refractivity contribution in [3.05, 3.63) is 34.6 Å². The van der Waals surface area contributed by atoms with Crippen LogP contribution in [0.2, 0.25) is 0 Å². The van der Waals surface area contributed by atoms with E-state index in [0.29, 0.717) is 25.6 Å². The van der Waals surface area contributed by atoms with E-state index in [1.807, 2.05) is 18.2 Å². The summed E-state index contributed by atoms with van der Waals surface area (Å²) in [7, 11) is 1.63. The molecule has 23 heavy (non-hydrogen) atoms. The van der Waals surface area contributed by atoms with Gasteiger partial charge < -0.3 is 14.2 Å². The van der Waals surface area contributed by atoms with Crippen LogP contribution in [0.4, 0.5) is 0 Å². The van der Waals surface area contributed by atoms with Crippen molar-refractivity contribution in [1.82, 2.24) is 19.8 Å². The first kappa shape index (κ1) is 16.0. The average molecular weight is 355 g/mol. The molecule has 0 amide bonds. The quantitative estimate of drug-likeness (QED) is 0.714. The summed E-state index contributed by atoms with van der Waals surface area (Å²) >= 11 is 1.53. The van der Waals surface area contributed by atoms with E-state index in [1.165, 1.54) is 11.3 Å². The molecule has 1 aliphatic rings. The molecule has 4 rings (SSSR count). The fraction of sp³-hybridized carbons (Fsp3) is 0.357. The average Bonchev–Trinajstić information content (AvgIpc) is 3.09. The van der Waals surface area contributed by atoms with Gasteiger partial charge in [-0.05, 0) is 17.7 Å². The molecule has 9 heteroatoms. The first-order valence-electron chi connectivity index (χ1n) is 6.91. The lowest BCUT2D eigenvalue weighted by Gasteiger charge is -2.18. The SMILES string of the molecule is COCc1nnc2sc(Cc3ccc4c(c3)OCCO4)nn12.Cl. The summed E-state index contributed by atoms with van der Waals surface area (Å²) in [4.78, 5) is 0.777. The van der Waals surface area contributed by atoms with Gasteiger partial charge in [-0.1, -0.05) is 17.4 Å². The number of rotatable bonds is 4. The van der Waals surface area contributed by atoms with Crippen molar-refractivity contribution in [3.8, 4) is 11.5 Å². The molecule has 3 heterocycles. The Hall–Kier alpha value is -1.90. The smallest absolute Gasteiger partial charge is 0.234 e. The third kappa shape index (κ3) is 3.10. The van der Waals surface area contributed by atoms with Crippen LogP contribution >= 0.6 is 23.7 Å². The Morgan fingerprint density at radius 3 is 2.87 bits per heavy atom. The van der Waals surface area contributed by atoms with Crippen LogP contribution in [0.5, 0.6) is 11.5 Å². The molecule has 0 spiro atoms. The number of benzene rings is 1. The van der Waals surface area contributed by atoms with Crippen LogP contribution in [-0.2, 0) is 17.8 Å². The second-order valence-corrected chi connectivity index (χ2v) is 5.93. The van der Waals surface area contributed by atoms with Crippen LogP contribution in [0.25, 0.3) is 4.96 Å². The molecule has 0 atom stereocenters. The van der Waals surface area contributed by atoms with Crippen molar-refractivity contribution in [2.24, 2.45) is 0 Å². The molecule has 2 aromatic heterocycles. The molecular weight excluding hydrogens is 340 g/mol. The van der Waals surface area contributed by atoms with Gasteiger partial charge in [0.2, 0.25) is 4.96 Å². The second kappa shape index (κ2) is 6.69. The van der Waals surface area contributed by atoms with Crippen LogP contribution in [0.3, 0.4) is 0 Å². The Labute approximate surface area is 142 Å². The normalized spacial score (nSPS) is 13.1. The zero-order chi connectivity index (χ0) is 14.9. The zero-order valence-electron chi connectivity index (χ0n) is 12.4. The van der Waals surface area contributed by atoms with E-state index in [2.05, 4.69) is 15.3 Å². The number of hydrogen-bond donors (Lipinski definition) is 0. The van der Waals surface area contributed by atoms with Crippen molar-refractivity contribution in [3.63, 3.8) is 0 Å². The summed E-state index contributed by atoms with van der Waals surface area (Å²) < 4.78 is 18.0. The van der Waals surface area contributed by atoms with Gasteiger partial charge in [-0.15, -0.1) is 22.6 Å². The van der Waals surface area contributed by atoms with Gasteiger partial charge in [0.1, 0.15) is 24.8 Å². The molecule has 122 valence electrons. The van der Waals surface area contributed by atoms with E-state index in [1.54, 1.807) is 11.6 Å². The Balaban J connectivity index is 0.00000156. The van der Waals surface area contributed by atoms with E-state index < -0.39 is 0 Å². The molecule has 0 saturated carbocycles. The van der Waals surface area contributed by atoms with E-state index in [0.717, 1.165) is 33.5 Å².